The number of hydrogen-bond acceptors (Lipinski definition) is 7. The highest BCUT2D eigenvalue weighted by Gasteiger charge is 2.48. The number of carbonyl (C=O) groups excluding carboxylic acids is 2. The molecule has 2 saturated heterocycles. The van der Waals surface area contributed by atoms with Crippen LogP contribution in [0, 0.1) is 11.3 Å². The van der Waals surface area contributed by atoms with Gasteiger partial charge in [0.15, 0.2) is 11.5 Å². The molecule has 0 aromatic heterocycles. The standard InChI is InChI=1S/C31H47N3O7/c1-6-8-11-32(12-9-7-2)27(36)18-34-17-22(21-14-24(39-5)29-25(15-21)40-20-41-29)28(30(37)38)23(34)10-13-33-19-31(3,4)16-26(33)35/h14-15,22-23,28H,6-13,16-20H2,1-5H3,(H,37,38)/t22-,23+,28?/m1/s1. The summed E-state index contributed by atoms with van der Waals surface area (Å²) >= 11 is 0. The largest absolute Gasteiger partial charge is 0.493 e. The minimum atomic E-state index is -0.909. The lowest BCUT2D eigenvalue weighted by atomic mass is 9.84. The fraction of sp³-hybridized carbons (Fsp3) is 0.710. The van der Waals surface area contributed by atoms with Crippen LogP contribution in [0.1, 0.15) is 77.7 Å². The van der Waals surface area contributed by atoms with Gasteiger partial charge in [-0.25, -0.2) is 0 Å². The van der Waals surface area contributed by atoms with Crippen LogP contribution in [0.2, 0.25) is 0 Å². The third kappa shape index (κ3) is 7.08. The monoisotopic (exact) mass is 573 g/mol. The number of carbonyl (C=O) groups is 3. The molecule has 0 saturated carbocycles. The third-order valence-corrected chi connectivity index (χ3v) is 8.69. The van der Waals surface area contributed by atoms with E-state index in [-0.39, 0.29) is 36.5 Å². The second-order valence-electron chi connectivity index (χ2n) is 12.5. The minimum absolute atomic E-state index is 0.0309. The Balaban J connectivity index is 1.62. The van der Waals surface area contributed by atoms with Crippen molar-refractivity contribution in [3.05, 3.63) is 17.7 Å². The second-order valence-corrected chi connectivity index (χ2v) is 12.5. The molecule has 10 nitrogen and oxygen atoms in total. The molecular formula is C31H47N3O7. The maximum absolute atomic E-state index is 13.6. The molecule has 228 valence electrons. The zero-order valence-corrected chi connectivity index (χ0v) is 25.3. The van der Waals surface area contributed by atoms with Crippen molar-refractivity contribution in [2.24, 2.45) is 11.3 Å². The summed E-state index contributed by atoms with van der Waals surface area (Å²) in [7, 11) is 1.55. The maximum atomic E-state index is 13.6. The molecule has 2 fully saturated rings. The number of likely N-dealkylation sites (tertiary alicyclic amines) is 2. The second kappa shape index (κ2) is 13.3. The van der Waals surface area contributed by atoms with Crippen LogP contribution < -0.4 is 14.2 Å². The van der Waals surface area contributed by atoms with Crippen LogP contribution in [0.4, 0.5) is 0 Å². The van der Waals surface area contributed by atoms with Crippen LogP contribution in [0.15, 0.2) is 12.1 Å². The first-order chi connectivity index (χ1) is 19.6. The molecule has 0 radical (unpaired) electrons. The highest BCUT2D eigenvalue weighted by molar-refractivity contribution is 5.80. The topological polar surface area (TPSA) is 109 Å². The Kier molecular flexibility index (Phi) is 10.0. The van der Waals surface area contributed by atoms with E-state index >= 15 is 0 Å². The predicted octanol–water partition coefficient (Wildman–Crippen LogP) is 3.97. The Bertz CT molecular complexity index is 1100. The van der Waals surface area contributed by atoms with Gasteiger partial charge < -0.3 is 29.1 Å². The van der Waals surface area contributed by atoms with Crippen molar-refractivity contribution >= 4 is 17.8 Å². The lowest BCUT2D eigenvalue weighted by molar-refractivity contribution is -0.144. The van der Waals surface area contributed by atoms with Gasteiger partial charge in [-0.2, -0.15) is 0 Å². The number of methoxy groups -OCH3 is 1. The number of amides is 2. The summed E-state index contributed by atoms with van der Waals surface area (Å²) < 4.78 is 16.8. The molecule has 4 rings (SSSR count). The van der Waals surface area contributed by atoms with Crippen molar-refractivity contribution in [1.29, 1.82) is 0 Å². The summed E-state index contributed by atoms with van der Waals surface area (Å²) in [5.74, 6) is -0.383. The number of carboxylic acid groups (broad SMARTS) is 1. The first kappa shape index (κ1) is 30.9. The minimum Gasteiger partial charge on any atom is -0.493 e. The fourth-order valence-corrected chi connectivity index (χ4v) is 6.56. The molecule has 1 aromatic rings. The molecule has 1 aromatic carbocycles. The van der Waals surface area contributed by atoms with Gasteiger partial charge in [0.2, 0.25) is 24.4 Å². The van der Waals surface area contributed by atoms with Crippen LogP contribution in [-0.4, -0.2) is 96.8 Å². The maximum Gasteiger partial charge on any atom is 0.308 e. The van der Waals surface area contributed by atoms with Crippen molar-refractivity contribution < 1.29 is 33.7 Å². The van der Waals surface area contributed by atoms with Gasteiger partial charge in [0.25, 0.3) is 0 Å². The van der Waals surface area contributed by atoms with Gasteiger partial charge in [0, 0.05) is 51.1 Å². The smallest absolute Gasteiger partial charge is 0.308 e. The number of benzene rings is 1. The number of unbranched alkanes of at least 4 members (excludes halogenated alkanes) is 2. The third-order valence-electron chi connectivity index (χ3n) is 8.69. The molecule has 0 aliphatic carbocycles. The van der Waals surface area contributed by atoms with Gasteiger partial charge in [-0.3, -0.25) is 19.3 Å². The Labute approximate surface area is 243 Å². The van der Waals surface area contributed by atoms with E-state index in [2.05, 4.69) is 27.7 Å². The normalized spacial score (nSPS) is 23.3. The quantitative estimate of drug-likeness (QED) is 0.356. The lowest BCUT2D eigenvalue weighted by Gasteiger charge is -2.31. The highest BCUT2D eigenvalue weighted by Crippen LogP contribution is 2.47. The van der Waals surface area contributed by atoms with Crippen molar-refractivity contribution in [2.75, 3.05) is 53.2 Å². The molecule has 1 unspecified atom stereocenters. The first-order valence-electron chi connectivity index (χ1n) is 15.1. The molecular weight excluding hydrogens is 526 g/mol. The molecule has 3 atom stereocenters. The number of nitrogens with zero attached hydrogens (tertiary/aromatic N) is 3. The van der Waals surface area contributed by atoms with E-state index in [1.165, 1.54) is 0 Å². The van der Waals surface area contributed by atoms with Gasteiger partial charge in [-0.05, 0) is 42.4 Å². The molecule has 1 N–H and O–H groups in total. The highest BCUT2D eigenvalue weighted by atomic mass is 16.7. The summed E-state index contributed by atoms with van der Waals surface area (Å²) in [6, 6.07) is 3.26. The summed E-state index contributed by atoms with van der Waals surface area (Å²) in [5.41, 5.74) is 0.685. The van der Waals surface area contributed by atoms with Gasteiger partial charge in [0.1, 0.15) is 0 Å². The zero-order chi connectivity index (χ0) is 29.7. The van der Waals surface area contributed by atoms with Crippen molar-refractivity contribution in [2.45, 2.75) is 78.2 Å². The summed E-state index contributed by atoms with van der Waals surface area (Å²) in [6.07, 6.45) is 4.83. The van der Waals surface area contributed by atoms with Crippen LogP contribution >= 0.6 is 0 Å². The van der Waals surface area contributed by atoms with Gasteiger partial charge >= 0.3 is 5.97 Å². The molecule has 3 aliphatic heterocycles. The Hall–Kier alpha value is -3.01. The summed E-state index contributed by atoms with van der Waals surface area (Å²) in [4.78, 5) is 45.1. The van der Waals surface area contributed by atoms with E-state index in [0.29, 0.717) is 62.8 Å². The molecule has 3 aliphatic rings. The Morgan fingerprint density at radius 2 is 1.85 bits per heavy atom. The predicted molar refractivity (Wildman–Crippen MR) is 154 cm³/mol. The SMILES string of the molecule is CCCCN(CCCC)C(=O)CN1C[C@H](c2cc(OC)c3c(c2)OCO3)C(C(=O)O)[C@@H]1CCN1CC(C)(C)CC1=O. The van der Waals surface area contributed by atoms with E-state index in [1.54, 1.807) is 7.11 Å². The van der Waals surface area contributed by atoms with Gasteiger partial charge in [0.05, 0.1) is 19.6 Å². The van der Waals surface area contributed by atoms with Crippen molar-refractivity contribution in [3.63, 3.8) is 0 Å². The zero-order valence-electron chi connectivity index (χ0n) is 25.3. The molecule has 3 heterocycles. The molecule has 0 spiro atoms. The summed E-state index contributed by atoms with van der Waals surface area (Å²) in [5, 5.41) is 10.6. The first-order valence-corrected chi connectivity index (χ1v) is 15.1. The number of rotatable bonds is 14. The number of hydrogen-bond donors (Lipinski definition) is 1. The van der Waals surface area contributed by atoms with Crippen LogP contribution in [0.5, 0.6) is 17.2 Å². The van der Waals surface area contributed by atoms with E-state index < -0.39 is 17.9 Å². The fourth-order valence-electron chi connectivity index (χ4n) is 6.56. The Morgan fingerprint density at radius 1 is 1.15 bits per heavy atom. The summed E-state index contributed by atoms with van der Waals surface area (Å²) in [6.45, 7) is 11.6. The van der Waals surface area contributed by atoms with Crippen LogP contribution in [0.25, 0.3) is 0 Å². The number of aliphatic carboxylic acids is 1. The van der Waals surface area contributed by atoms with Gasteiger partial charge in [-0.1, -0.05) is 40.5 Å². The molecule has 41 heavy (non-hydrogen) atoms. The Morgan fingerprint density at radius 3 is 2.44 bits per heavy atom. The van der Waals surface area contributed by atoms with Crippen molar-refractivity contribution in [3.8, 4) is 17.2 Å². The van der Waals surface area contributed by atoms with Gasteiger partial charge in [-0.15, -0.1) is 0 Å². The number of carboxylic acids is 1. The van der Waals surface area contributed by atoms with Crippen molar-refractivity contribution in [1.82, 2.24) is 14.7 Å². The number of fused-ring (bicyclic) bond motifs is 1. The van der Waals surface area contributed by atoms with E-state index in [9.17, 15) is 19.5 Å². The lowest BCUT2D eigenvalue weighted by Crippen LogP contribution is -2.45. The number of ether oxygens (including phenoxy) is 3. The average molecular weight is 574 g/mol. The van der Waals surface area contributed by atoms with Crippen LogP contribution in [-0.2, 0) is 14.4 Å². The van der Waals surface area contributed by atoms with E-state index in [1.807, 2.05) is 26.8 Å². The molecule has 10 heteroatoms. The van der Waals surface area contributed by atoms with E-state index in [0.717, 1.165) is 31.2 Å². The van der Waals surface area contributed by atoms with Crippen LogP contribution in [0.3, 0.4) is 0 Å². The average Bonchev–Trinajstić information content (AvgIpc) is 3.61. The molecule has 0 bridgehead atoms. The molecule has 2 amide bonds. The van der Waals surface area contributed by atoms with E-state index in [4.69, 9.17) is 14.2 Å².